The van der Waals surface area contributed by atoms with Crippen LogP contribution in [0.3, 0.4) is 0 Å². The molecule has 0 saturated carbocycles. The van der Waals surface area contributed by atoms with E-state index in [4.69, 9.17) is 16.2 Å². The summed E-state index contributed by atoms with van der Waals surface area (Å²) in [5.41, 5.74) is 8.01. The molecule has 2 aromatic carbocycles. The van der Waals surface area contributed by atoms with Crippen LogP contribution in [0.1, 0.15) is 29.0 Å². The van der Waals surface area contributed by atoms with Gasteiger partial charge >= 0.3 is 5.97 Å². The fourth-order valence-corrected chi connectivity index (χ4v) is 3.11. The maximum atomic E-state index is 12.8. The van der Waals surface area contributed by atoms with Crippen LogP contribution in [0.25, 0.3) is 0 Å². The molecule has 27 heavy (non-hydrogen) atoms. The van der Waals surface area contributed by atoms with E-state index in [1.165, 1.54) is 4.90 Å². The van der Waals surface area contributed by atoms with Crippen molar-refractivity contribution in [3.05, 3.63) is 65.2 Å². The minimum atomic E-state index is -0.869. The molecule has 0 aliphatic carbocycles. The van der Waals surface area contributed by atoms with E-state index in [1.807, 2.05) is 0 Å². The summed E-state index contributed by atoms with van der Waals surface area (Å²) in [5.74, 6) is -2.27. The number of carboxylic acid groups (broad SMARTS) is 1. The lowest BCUT2D eigenvalue weighted by Crippen LogP contribution is -2.26. The van der Waals surface area contributed by atoms with Crippen molar-refractivity contribution in [2.75, 3.05) is 11.4 Å². The van der Waals surface area contributed by atoms with Gasteiger partial charge in [0.2, 0.25) is 5.91 Å². The summed E-state index contributed by atoms with van der Waals surface area (Å²) < 4.78 is 0. The first-order valence-electron chi connectivity index (χ1n) is 8.46. The van der Waals surface area contributed by atoms with Crippen molar-refractivity contribution in [3.8, 4) is 0 Å². The molecule has 1 aliphatic heterocycles. The second-order valence-electron chi connectivity index (χ2n) is 6.42. The molecule has 1 unspecified atom stereocenters. The fraction of sp³-hybridized carbons (Fsp3) is 0.200. The molecule has 2 aromatic rings. The molecule has 7 heteroatoms. The molecule has 0 aromatic heterocycles. The molecule has 1 heterocycles. The van der Waals surface area contributed by atoms with Crippen molar-refractivity contribution in [1.82, 2.24) is 0 Å². The predicted octanol–water partition coefficient (Wildman–Crippen LogP) is 1.69. The van der Waals surface area contributed by atoms with Gasteiger partial charge in [0, 0.05) is 17.7 Å². The van der Waals surface area contributed by atoms with Crippen molar-refractivity contribution in [2.24, 2.45) is 5.73 Å². The summed E-state index contributed by atoms with van der Waals surface area (Å²) in [4.78, 5) is 37.3. The van der Waals surface area contributed by atoms with Gasteiger partial charge in [-0.3, -0.25) is 19.8 Å². The first-order valence-corrected chi connectivity index (χ1v) is 8.46. The van der Waals surface area contributed by atoms with Crippen LogP contribution >= 0.6 is 0 Å². The molecule has 138 valence electrons. The molecule has 0 radical (unpaired) electrons. The standard InChI is InChI=1S/C20H19N3O4/c21-19(22)14-6-8-15(9-7-14)23-11-16(24)18(20(23)27)13-4-1-12(2-5-13)3-10-17(25)26/h1-2,4-9,18H,3,10-11H2,(H3,21,22)(H,25,26). The van der Waals surface area contributed by atoms with Crippen LogP contribution in [-0.2, 0) is 20.8 Å². The summed E-state index contributed by atoms with van der Waals surface area (Å²) >= 11 is 0. The van der Waals surface area contributed by atoms with E-state index in [0.717, 1.165) is 5.56 Å². The van der Waals surface area contributed by atoms with E-state index >= 15 is 0 Å². The van der Waals surface area contributed by atoms with Gasteiger partial charge in [-0.25, -0.2) is 0 Å². The van der Waals surface area contributed by atoms with Gasteiger partial charge in [0.1, 0.15) is 11.8 Å². The molecule has 1 fully saturated rings. The van der Waals surface area contributed by atoms with Crippen molar-refractivity contribution < 1.29 is 19.5 Å². The largest absolute Gasteiger partial charge is 0.481 e. The minimum absolute atomic E-state index is 0.0102. The number of anilines is 1. The van der Waals surface area contributed by atoms with Crippen LogP contribution in [0.4, 0.5) is 5.69 Å². The van der Waals surface area contributed by atoms with E-state index < -0.39 is 11.9 Å². The number of Topliss-reactive ketones (excluding diaryl/α,β-unsaturated/α-hetero) is 1. The van der Waals surface area contributed by atoms with Gasteiger partial charge in [-0.05, 0) is 41.8 Å². The summed E-state index contributed by atoms with van der Waals surface area (Å²) in [6, 6.07) is 13.5. The predicted molar refractivity (Wildman–Crippen MR) is 100.0 cm³/mol. The maximum absolute atomic E-state index is 12.8. The third-order valence-electron chi connectivity index (χ3n) is 4.58. The Labute approximate surface area is 155 Å². The average molecular weight is 365 g/mol. The normalized spacial score (nSPS) is 16.6. The Morgan fingerprint density at radius 3 is 2.30 bits per heavy atom. The SMILES string of the molecule is N=C(N)c1ccc(N2CC(=O)C(c3ccc(CCC(=O)O)cc3)C2=O)cc1. The van der Waals surface area contributed by atoms with Crippen LogP contribution in [-0.4, -0.2) is 35.1 Å². The number of nitrogen functional groups attached to an aromatic ring is 1. The van der Waals surface area contributed by atoms with Crippen LogP contribution in [0.5, 0.6) is 0 Å². The third-order valence-corrected chi connectivity index (χ3v) is 4.58. The number of carboxylic acids is 1. The number of amidine groups is 1. The summed E-state index contributed by atoms with van der Waals surface area (Å²) in [5, 5.41) is 16.2. The van der Waals surface area contributed by atoms with Crippen LogP contribution in [0, 0.1) is 5.41 Å². The topological polar surface area (TPSA) is 125 Å². The number of amides is 1. The number of carbonyl (C=O) groups is 3. The van der Waals surface area contributed by atoms with Gasteiger partial charge in [0.05, 0.1) is 6.54 Å². The number of nitrogens with two attached hydrogens (primary N) is 1. The Bertz CT molecular complexity index is 904. The van der Waals surface area contributed by atoms with Crippen LogP contribution in [0.2, 0.25) is 0 Å². The lowest BCUT2D eigenvalue weighted by atomic mass is 9.95. The van der Waals surface area contributed by atoms with Crippen molar-refractivity contribution in [1.29, 1.82) is 5.41 Å². The molecule has 4 N–H and O–H groups in total. The molecule has 1 saturated heterocycles. The van der Waals surface area contributed by atoms with Gasteiger partial charge in [-0.2, -0.15) is 0 Å². The van der Waals surface area contributed by atoms with Crippen molar-refractivity contribution >= 4 is 29.2 Å². The number of ketones is 1. The second-order valence-corrected chi connectivity index (χ2v) is 6.42. The van der Waals surface area contributed by atoms with Crippen molar-refractivity contribution in [2.45, 2.75) is 18.8 Å². The van der Waals surface area contributed by atoms with Gasteiger partial charge in [0.25, 0.3) is 0 Å². The zero-order valence-electron chi connectivity index (χ0n) is 14.5. The molecular weight excluding hydrogens is 346 g/mol. The molecular formula is C20H19N3O4. The molecule has 1 atom stereocenters. The Kier molecular flexibility index (Phi) is 5.03. The highest BCUT2D eigenvalue weighted by molar-refractivity contribution is 6.21. The smallest absolute Gasteiger partial charge is 0.303 e. The summed E-state index contributed by atoms with van der Waals surface area (Å²) in [6.07, 6.45) is 0.432. The number of hydrogen-bond acceptors (Lipinski definition) is 4. The highest BCUT2D eigenvalue weighted by Gasteiger charge is 2.40. The van der Waals surface area contributed by atoms with E-state index in [-0.39, 0.29) is 30.5 Å². The number of nitrogens with zero attached hydrogens (tertiary/aromatic N) is 1. The third kappa shape index (κ3) is 3.87. The molecule has 0 bridgehead atoms. The van der Waals surface area contributed by atoms with Crippen LogP contribution in [0.15, 0.2) is 48.5 Å². The highest BCUT2D eigenvalue weighted by atomic mass is 16.4. The van der Waals surface area contributed by atoms with E-state index in [9.17, 15) is 14.4 Å². The Morgan fingerprint density at radius 2 is 1.74 bits per heavy atom. The Hall–Kier alpha value is -3.48. The lowest BCUT2D eigenvalue weighted by Gasteiger charge is -2.16. The second kappa shape index (κ2) is 7.41. The van der Waals surface area contributed by atoms with E-state index in [2.05, 4.69) is 0 Å². The molecule has 7 nitrogen and oxygen atoms in total. The van der Waals surface area contributed by atoms with Gasteiger partial charge < -0.3 is 15.7 Å². The fourth-order valence-electron chi connectivity index (χ4n) is 3.11. The van der Waals surface area contributed by atoms with Gasteiger partial charge in [0.15, 0.2) is 5.78 Å². The molecule has 3 rings (SSSR count). The molecule has 1 amide bonds. The van der Waals surface area contributed by atoms with Crippen LogP contribution < -0.4 is 10.6 Å². The Balaban J connectivity index is 1.77. The number of rotatable bonds is 6. The van der Waals surface area contributed by atoms with E-state index in [1.54, 1.807) is 48.5 Å². The zero-order valence-corrected chi connectivity index (χ0v) is 14.5. The minimum Gasteiger partial charge on any atom is -0.481 e. The monoisotopic (exact) mass is 365 g/mol. The molecule has 0 spiro atoms. The van der Waals surface area contributed by atoms with Gasteiger partial charge in [-0.15, -0.1) is 0 Å². The lowest BCUT2D eigenvalue weighted by molar-refractivity contribution is -0.137. The van der Waals surface area contributed by atoms with Gasteiger partial charge in [-0.1, -0.05) is 24.3 Å². The van der Waals surface area contributed by atoms with E-state index in [0.29, 0.717) is 23.2 Å². The number of aryl methyl sites for hydroxylation is 1. The summed E-state index contributed by atoms with van der Waals surface area (Å²) in [7, 11) is 0. The van der Waals surface area contributed by atoms with Crippen molar-refractivity contribution in [3.63, 3.8) is 0 Å². The maximum Gasteiger partial charge on any atom is 0.303 e. The molecule has 1 aliphatic rings. The number of carbonyl (C=O) groups excluding carboxylic acids is 2. The Morgan fingerprint density at radius 1 is 1.11 bits per heavy atom. The number of benzene rings is 2. The first-order chi connectivity index (χ1) is 12.9. The number of aliphatic carboxylic acids is 1. The number of nitrogens with one attached hydrogen (secondary N) is 1. The quantitative estimate of drug-likeness (QED) is 0.408. The summed E-state index contributed by atoms with van der Waals surface area (Å²) in [6.45, 7) is -0.0102. The highest BCUT2D eigenvalue weighted by Crippen LogP contribution is 2.30. The first kappa shape index (κ1) is 18.3. The average Bonchev–Trinajstić information content (AvgIpc) is 2.95. The number of hydrogen-bond donors (Lipinski definition) is 3. The zero-order chi connectivity index (χ0) is 19.6.